The maximum Gasteiger partial charge on any atom is 0.331 e. The van der Waals surface area contributed by atoms with Crippen LogP contribution in [0, 0.1) is 5.82 Å². The predicted octanol–water partition coefficient (Wildman–Crippen LogP) is 3.54. The summed E-state index contributed by atoms with van der Waals surface area (Å²) in [5, 5.41) is 10.0. The van der Waals surface area contributed by atoms with Crippen LogP contribution in [0.3, 0.4) is 0 Å². The molecule has 0 atom stereocenters. The average molecular weight is 456 g/mol. The third-order valence-corrected chi connectivity index (χ3v) is 4.88. The predicted molar refractivity (Wildman–Crippen MR) is 107 cm³/mol. The van der Waals surface area contributed by atoms with Crippen LogP contribution in [0.2, 0.25) is 5.02 Å². The summed E-state index contributed by atoms with van der Waals surface area (Å²) in [5.74, 6) is -0.745. The van der Waals surface area contributed by atoms with Gasteiger partial charge in [-0.25, -0.2) is 9.18 Å². The van der Waals surface area contributed by atoms with E-state index in [0.717, 1.165) is 20.7 Å². The molecule has 0 amide bonds. The van der Waals surface area contributed by atoms with Gasteiger partial charge in [-0.05, 0) is 43.7 Å². The number of fused-ring (bicyclic) bond motifs is 1. The van der Waals surface area contributed by atoms with Crippen LogP contribution in [0.15, 0.2) is 50.5 Å². The van der Waals surface area contributed by atoms with Crippen molar-refractivity contribution in [3.8, 4) is 0 Å². The molecule has 3 aromatic rings. The van der Waals surface area contributed by atoms with E-state index in [1.165, 1.54) is 10.6 Å². The fraction of sp³-hybridized carbons (Fsp3) is 0.263. The van der Waals surface area contributed by atoms with Crippen molar-refractivity contribution in [2.24, 2.45) is 0 Å². The molecule has 0 bridgehead atoms. The Balaban J connectivity index is 2.30. The first kappa shape index (κ1) is 19.8. The average Bonchev–Trinajstić information content (AvgIpc) is 2.58. The van der Waals surface area contributed by atoms with Gasteiger partial charge >= 0.3 is 5.69 Å². The highest BCUT2D eigenvalue weighted by Crippen LogP contribution is 2.21. The molecule has 3 rings (SSSR count). The van der Waals surface area contributed by atoms with E-state index in [0.29, 0.717) is 0 Å². The molecular weight excluding hydrogens is 439 g/mol. The largest absolute Gasteiger partial charge is 0.389 e. The molecule has 0 radical (unpaired) electrons. The molecule has 0 aliphatic rings. The topological polar surface area (TPSA) is 64.2 Å². The molecule has 0 spiro atoms. The third kappa shape index (κ3) is 4.15. The van der Waals surface area contributed by atoms with Crippen molar-refractivity contribution in [1.29, 1.82) is 0 Å². The molecule has 0 fully saturated rings. The van der Waals surface area contributed by atoms with Gasteiger partial charge in [0.1, 0.15) is 5.82 Å². The van der Waals surface area contributed by atoms with Gasteiger partial charge in [0.15, 0.2) is 0 Å². The lowest BCUT2D eigenvalue weighted by molar-refractivity contribution is 0.0610. The van der Waals surface area contributed by atoms with E-state index in [-0.39, 0.29) is 29.0 Å². The second-order valence-corrected chi connectivity index (χ2v) is 8.31. The van der Waals surface area contributed by atoms with Crippen LogP contribution in [-0.2, 0) is 13.1 Å². The highest BCUT2D eigenvalue weighted by atomic mass is 79.9. The quantitative estimate of drug-likeness (QED) is 0.654. The summed E-state index contributed by atoms with van der Waals surface area (Å²) in [6.07, 6.45) is 0. The number of hydrogen-bond donors (Lipinski definition) is 1. The van der Waals surface area contributed by atoms with E-state index in [1.54, 1.807) is 38.1 Å². The van der Waals surface area contributed by atoms with Crippen LogP contribution in [-0.4, -0.2) is 19.8 Å². The molecular formula is C19H17BrClFN2O3. The van der Waals surface area contributed by atoms with Crippen molar-refractivity contribution in [1.82, 2.24) is 9.13 Å². The Hall–Kier alpha value is -1.96. The summed E-state index contributed by atoms with van der Waals surface area (Å²) in [5.41, 5.74) is -1.51. The van der Waals surface area contributed by atoms with Crippen LogP contribution >= 0.6 is 27.5 Å². The number of benzene rings is 2. The zero-order chi connectivity index (χ0) is 19.9. The first-order valence-electron chi connectivity index (χ1n) is 8.16. The zero-order valence-corrected chi connectivity index (χ0v) is 17.0. The molecule has 142 valence electrons. The first-order chi connectivity index (χ1) is 12.6. The van der Waals surface area contributed by atoms with E-state index in [4.69, 9.17) is 11.6 Å². The molecule has 8 heteroatoms. The summed E-state index contributed by atoms with van der Waals surface area (Å²) in [6, 6.07) is 9.43. The van der Waals surface area contributed by atoms with Gasteiger partial charge in [0, 0.05) is 4.47 Å². The molecule has 1 heterocycles. The van der Waals surface area contributed by atoms with Gasteiger partial charge in [0.25, 0.3) is 5.56 Å². The highest BCUT2D eigenvalue weighted by Gasteiger charge is 2.21. The summed E-state index contributed by atoms with van der Waals surface area (Å²) >= 11 is 9.19. The Labute approximate surface area is 167 Å². The molecule has 1 N–H and O–H groups in total. The molecule has 1 aromatic heterocycles. The second-order valence-electron chi connectivity index (χ2n) is 6.98. The molecule has 0 saturated heterocycles. The van der Waals surface area contributed by atoms with Crippen molar-refractivity contribution in [2.75, 3.05) is 0 Å². The Bertz CT molecular complexity index is 1130. The molecule has 0 aliphatic heterocycles. The highest BCUT2D eigenvalue weighted by molar-refractivity contribution is 9.10. The lowest BCUT2D eigenvalue weighted by Crippen LogP contribution is -2.43. The second kappa shape index (κ2) is 7.22. The Morgan fingerprint density at radius 2 is 1.78 bits per heavy atom. The van der Waals surface area contributed by atoms with Crippen molar-refractivity contribution in [2.45, 2.75) is 32.5 Å². The third-order valence-electron chi connectivity index (χ3n) is 4.07. The summed E-state index contributed by atoms with van der Waals surface area (Å²) < 4.78 is 17.1. The maximum atomic E-state index is 14.0. The fourth-order valence-corrected chi connectivity index (χ4v) is 3.29. The fourth-order valence-electron chi connectivity index (χ4n) is 2.86. The van der Waals surface area contributed by atoms with Crippen LogP contribution < -0.4 is 11.2 Å². The Kier molecular flexibility index (Phi) is 5.29. The van der Waals surface area contributed by atoms with Crippen LogP contribution in [0.1, 0.15) is 19.4 Å². The van der Waals surface area contributed by atoms with Gasteiger partial charge in [0.05, 0.1) is 34.6 Å². The minimum atomic E-state index is -1.22. The summed E-state index contributed by atoms with van der Waals surface area (Å²) in [7, 11) is 0. The first-order valence-corrected chi connectivity index (χ1v) is 9.33. The zero-order valence-electron chi connectivity index (χ0n) is 14.7. The van der Waals surface area contributed by atoms with E-state index in [1.807, 2.05) is 0 Å². The number of rotatable bonds is 4. The normalized spacial score (nSPS) is 11.9. The Morgan fingerprint density at radius 1 is 1.15 bits per heavy atom. The minimum Gasteiger partial charge on any atom is -0.389 e. The number of aliphatic hydroxyl groups is 1. The number of nitrogens with zero attached hydrogens (tertiary/aromatic N) is 2. The van der Waals surface area contributed by atoms with Crippen molar-refractivity contribution < 1.29 is 9.50 Å². The van der Waals surface area contributed by atoms with Gasteiger partial charge in [-0.1, -0.05) is 39.7 Å². The smallest absolute Gasteiger partial charge is 0.331 e. The van der Waals surface area contributed by atoms with Crippen molar-refractivity contribution in [3.63, 3.8) is 0 Å². The van der Waals surface area contributed by atoms with E-state index >= 15 is 0 Å². The van der Waals surface area contributed by atoms with Gasteiger partial charge in [0.2, 0.25) is 0 Å². The van der Waals surface area contributed by atoms with Crippen LogP contribution in [0.4, 0.5) is 4.39 Å². The number of halogens is 3. The van der Waals surface area contributed by atoms with Crippen LogP contribution in [0.5, 0.6) is 0 Å². The molecule has 2 aromatic carbocycles. The molecule has 27 heavy (non-hydrogen) atoms. The SMILES string of the molecule is CC(C)(O)Cn1c(=O)n(Cc2ccc(Br)cc2)c(=O)c2cc(F)c(Cl)cc21. The van der Waals surface area contributed by atoms with Gasteiger partial charge in [-0.2, -0.15) is 0 Å². The molecule has 0 aliphatic carbocycles. The number of aromatic nitrogens is 2. The minimum absolute atomic E-state index is 0.0248. The monoisotopic (exact) mass is 454 g/mol. The van der Waals surface area contributed by atoms with E-state index in [2.05, 4.69) is 15.9 Å². The molecule has 5 nitrogen and oxygen atoms in total. The summed E-state index contributed by atoms with van der Waals surface area (Å²) in [6.45, 7) is 3.03. The maximum absolute atomic E-state index is 14.0. The van der Waals surface area contributed by atoms with Gasteiger partial charge in [-0.3, -0.25) is 13.9 Å². The van der Waals surface area contributed by atoms with Crippen molar-refractivity contribution in [3.05, 3.63) is 78.1 Å². The lowest BCUT2D eigenvalue weighted by atomic mass is 10.1. The molecule has 0 unspecified atom stereocenters. The Morgan fingerprint density at radius 3 is 2.37 bits per heavy atom. The summed E-state index contributed by atoms with van der Waals surface area (Å²) in [4.78, 5) is 25.9. The van der Waals surface area contributed by atoms with E-state index < -0.39 is 22.7 Å². The van der Waals surface area contributed by atoms with Gasteiger partial charge in [-0.15, -0.1) is 0 Å². The lowest BCUT2D eigenvalue weighted by Gasteiger charge is -2.21. The van der Waals surface area contributed by atoms with Crippen molar-refractivity contribution >= 4 is 38.4 Å². The van der Waals surface area contributed by atoms with Crippen LogP contribution in [0.25, 0.3) is 10.9 Å². The van der Waals surface area contributed by atoms with E-state index in [9.17, 15) is 19.1 Å². The van der Waals surface area contributed by atoms with Gasteiger partial charge < -0.3 is 5.11 Å². The molecule has 0 saturated carbocycles. The number of hydrogen-bond acceptors (Lipinski definition) is 3. The standard InChI is InChI=1S/C19H17BrClFN2O3/c1-19(2,27)10-24-16-8-14(21)15(22)7-13(16)17(25)23(18(24)26)9-11-3-5-12(20)6-4-11/h3-8,27H,9-10H2,1-2H3.